The number of benzene rings is 1. The molecule has 1 aromatic rings. The second-order valence-corrected chi connectivity index (χ2v) is 4.91. The number of alkyl halides is 2. The number of carbonyl (C=O) groups excluding carboxylic acids is 1. The summed E-state index contributed by atoms with van der Waals surface area (Å²) in [5.41, 5.74) is 0.781. The molecule has 0 saturated carbocycles. The van der Waals surface area contributed by atoms with E-state index in [2.05, 4.69) is 5.32 Å². The molecule has 1 fully saturated rings. The Balaban J connectivity index is 2.20. The lowest BCUT2D eigenvalue weighted by Gasteiger charge is -2.24. The van der Waals surface area contributed by atoms with E-state index in [1.165, 1.54) is 4.90 Å². The van der Waals surface area contributed by atoms with Crippen LogP contribution in [0.4, 0.5) is 8.78 Å². The van der Waals surface area contributed by atoms with E-state index in [0.29, 0.717) is 13.0 Å². The van der Waals surface area contributed by atoms with Gasteiger partial charge in [0.2, 0.25) is 5.91 Å². The predicted molar refractivity (Wildman–Crippen MR) is 75.3 cm³/mol. The van der Waals surface area contributed by atoms with Gasteiger partial charge in [-0.15, -0.1) is 0 Å². The molecule has 1 aliphatic heterocycles. The number of nitrogens with zero attached hydrogens (tertiary/aromatic N) is 1. The molecular formula is C15H20F2N2O2. The van der Waals surface area contributed by atoms with Crippen LogP contribution in [0.2, 0.25) is 0 Å². The molecule has 0 spiro atoms. The molecule has 2 rings (SSSR count). The van der Waals surface area contributed by atoms with Crippen molar-refractivity contribution in [2.24, 2.45) is 0 Å². The van der Waals surface area contributed by atoms with Crippen LogP contribution < -0.4 is 10.1 Å². The van der Waals surface area contributed by atoms with Gasteiger partial charge in [-0.25, -0.2) is 8.78 Å². The van der Waals surface area contributed by atoms with Gasteiger partial charge in [0.05, 0.1) is 19.2 Å². The fourth-order valence-electron chi connectivity index (χ4n) is 2.50. The molecule has 2 unspecified atom stereocenters. The lowest BCUT2D eigenvalue weighted by atomic mass is 10.1. The topological polar surface area (TPSA) is 41.6 Å². The Morgan fingerprint density at radius 3 is 2.48 bits per heavy atom. The Labute approximate surface area is 123 Å². The molecule has 0 aliphatic carbocycles. The zero-order valence-corrected chi connectivity index (χ0v) is 12.2. The van der Waals surface area contributed by atoms with E-state index >= 15 is 0 Å². The van der Waals surface area contributed by atoms with Crippen LogP contribution in [0.1, 0.15) is 32.0 Å². The Morgan fingerprint density at radius 2 is 1.95 bits per heavy atom. The fraction of sp³-hybridized carbons (Fsp3) is 0.533. The second kappa shape index (κ2) is 6.85. The lowest BCUT2D eigenvalue weighted by molar-refractivity contribution is -0.132. The highest BCUT2D eigenvalue weighted by atomic mass is 19.3. The third kappa shape index (κ3) is 3.50. The first kappa shape index (κ1) is 15.7. The van der Waals surface area contributed by atoms with Crippen LogP contribution >= 0.6 is 0 Å². The van der Waals surface area contributed by atoms with Gasteiger partial charge in [0.15, 0.2) is 0 Å². The molecule has 116 valence electrons. The van der Waals surface area contributed by atoms with Crippen molar-refractivity contribution in [2.45, 2.75) is 38.9 Å². The van der Waals surface area contributed by atoms with Gasteiger partial charge in [-0.2, -0.15) is 0 Å². The van der Waals surface area contributed by atoms with Crippen LogP contribution in [0.25, 0.3) is 0 Å². The summed E-state index contributed by atoms with van der Waals surface area (Å²) in [7, 11) is 0. The van der Waals surface area contributed by atoms with Crippen molar-refractivity contribution in [3.63, 3.8) is 0 Å². The Bertz CT molecular complexity index is 479. The normalized spacial score (nSPS) is 22.1. The molecule has 6 heteroatoms. The third-order valence-electron chi connectivity index (χ3n) is 3.50. The molecule has 1 N–H and O–H groups in total. The molecule has 0 aromatic heterocycles. The average molecular weight is 298 g/mol. The fourth-order valence-corrected chi connectivity index (χ4v) is 2.50. The van der Waals surface area contributed by atoms with Gasteiger partial charge in [0.1, 0.15) is 11.9 Å². The zero-order valence-electron chi connectivity index (χ0n) is 12.2. The monoisotopic (exact) mass is 298 g/mol. The number of nitrogens with one attached hydrogen (secondary N) is 1. The van der Waals surface area contributed by atoms with Crippen LogP contribution in [-0.4, -0.2) is 36.4 Å². The number of carbonyl (C=O) groups is 1. The smallest absolute Gasteiger partial charge is 0.255 e. The van der Waals surface area contributed by atoms with Crippen molar-refractivity contribution < 1.29 is 18.3 Å². The van der Waals surface area contributed by atoms with Gasteiger partial charge in [-0.1, -0.05) is 19.1 Å². The van der Waals surface area contributed by atoms with Gasteiger partial charge in [0.25, 0.3) is 6.43 Å². The van der Waals surface area contributed by atoms with Crippen LogP contribution in [0.3, 0.4) is 0 Å². The zero-order chi connectivity index (χ0) is 15.4. The van der Waals surface area contributed by atoms with Gasteiger partial charge in [0, 0.05) is 0 Å². The maximum atomic E-state index is 12.7. The van der Waals surface area contributed by atoms with Crippen LogP contribution in [0, 0.1) is 0 Å². The highest BCUT2D eigenvalue weighted by molar-refractivity contribution is 5.84. The van der Waals surface area contributed by atoms with Crippen molar-refractivity contribution >= 4 is 5.91 Å². The summed E-state index contributed by atoms with van der Waals surface area (Å²) in [5, 5.41) is 3.12. The van der Waals surface area contributed by atoms with Crippen LogP contribution in [-0.2, 0) is 4.79 Å². The predicted octanol–water partition coefficient (Wildman–Crippen LogP) is 2.56. The van der Waals surface area contributed by atoms with Gasteiger partial charge >= 0.3 is 0 Å². The Hall–Kier alpha value is -1.69. The van der Waals surface area contributed by atoms with E-state index in [1.54, 1.807) is 24.3 Å². The first-order valence-electron chi connectivity index (χ1n) is 7.14. The second-order valence-electron chi connectivity index (χ2n) is 4.91. The number of amides is 1. The first-order valence-corrected chi connectivity index (χ1v) is 7.14. The molecule has 1 amide bonds. The first-order chi connectivity index (χ1) is 10.1. The maximum Gasteiger partial charge on any atom is 0.255 e. The van der Waals surface area contributed by atoms with Crippen LogP contribution in [0.5, 0.6) is 5.75 Å². The standard InChI is InChI=1S/C15H20F2N2O2/c1-3-12-15(20)19(9-13(16)17)14(18-12)10-5-7-11(8-6-10)21-4-2/h5-8,12-14,18H,3-4,9H2,1-2H3. The van der Waals surface area contributed by atoms with E-state index in [-0.39, 0.29) is 5.91 Å². The van der Waals surface area contributed by atoms with E-state index < -0.39 is 25.2 Å². The molecule has 1 aromatic carbocycles. The van der Waals surface area contributed by atoms with E-state index in [1.807, 2.05) is 13.8 Å². The third-order valence-corrected chi connectivity index (χ3v) is 3.50. The minimum atomic E-state index is -2.54. The van der Waals surface area contributed by atoms with Crippen molar-refractivity contribution in [1.29, 1.82) is 0 Å². The largest absolute Gasteiger partial charge is 0.494 e. The van der Waals surface area contributed by atoms with E-state index in [4.69, 9.17) is 4.74 Å². The minimum Gasteiger partial charge on any atom is -0.494 e. The summed E-state index contributed by atoms with van der Waals surface area (Å²) >= 11 is 0. The highest BCUT2D eigenvalue weighted by Crippen LogP contribution is 2.28. The summed E-state index contributed by atoms with van der Waals surface area (Å²) in [5.74, 6) is 0.453. The molecule has 0 bridgehead atoms. The summed E-state index contributed by atoms with van der Waals surface area (Å²) in [6, 6.07) is 6.76. The van der Waals surface area contributed by atoms with Crippen molar-refractivity contribution in [1.82, 2.24) is 10.2 Å². The summed E-state index contributed by atoms with van der Waals surface area (Å²) < 4.78 is 30.8. The SMILES string of the molecule is CCOc1ccc(C2NC(CC)C(=O)N2CC(F)F)cc1. The van der Waals surface area contributed by atoms with Gasteiger partial charge in [-0.3, -0.25) is 10.1 Å². The number of ether oxygens (including phenoxy) is 1. The number of hydrogen-bond acceptors (Lipinski definition) is 3. The van der Waals surface area contributed by atoms with E-state index in [9.17, 15) is 13.6 Å². The molecule has 1 heterocycles. The molecule has 2 atom stereocenters. The lowest BCUT2D eigenvalue weighted by Crippen LogP contribution is -2.34. The summed E-state index contributed by atoms with van der Waals surface area (Å²) in [6.07, 6.45) is -2.48. The number of halogens is 2. The highest BCUT2D eigenvalue weighted by Gasteiger charge is 2.39. The van der Waals surface area contributed by atoms with Gasteiger partial charge < -0.3 is 9.64 Å². The molecule has 1 saturated heterocycles. The van der Waals surface area contributed by atoms with Crippen LogP contribution in [0.15, 0.2) is 24.3 Å². The average Bonchev–Trinajstić information content (AvgIpc) is 2.77. The van der Waals surface area contributed by atoms with Crippen molar-refractivity contribution in [3.05, 3.63) is 29.8 Å². The number of hydrogen-bond donors (Lipinski definition) is 1. The Kier molecular flexibility index (Phi) is 5.12. The molecule has 4 nitrogen and oxygen atoms in total. The maximum absolute atomic E-state index is 12.7. The summed E-state index contributed by atoms with van der Waals surface area (Å²) in [6.45, 7) is 3.76. The quantitative estimate of drug-likeness (QED) is 0.877. The molecule has 0 radical (unpaired) electrons. The Morgan fingerprint density at radius 1 is 1.29 bits per heavy atom. The molecule has 21 heavy (non-hydrogen) atoms. The minimum absolute atomic E-state index is 0.267. The summed E-state index contributed by atoms with van der Waals surface area (Å²) in [4.78, 5) is 13.3. The number of rotatable bonds is 6. The van der Waals surface area contributed by atoms with Crippen molar-refractivity contribution in [2.75, 3.05) is 13.2 Å². The molecular weight excluding hydrogens is 278 g/mol. The van der Waals surface area contributed by atoms with E-state index in [0.717, 1.165) is 11.3 Å². The molecule has 1 aliphatic rings. The van der Waals surface area contributed by atoms with Gasteiger partial charge in [-0.05, 0) is 31.0 Å². The van der Waals surface area contributed by atoms with Crippen molar-refractivity contribution in [3.8, 4) is 5.75 Å².